The molecule has 1 aromatic rings. The molecule has 0 radical (unpaired) electrons. The minimum absolute atomic E-state index is 0.163. The molecule has 18 heavy (non-hydrogen) atoms. The van der Waals surface area contributed by atoms with E-state index in [-0.39, 0.29) is 5.92 Å². The van der Waals surface area contributed by atoms with Crippen molar-refractivity contribution in [3.63, 3.8) is 0 Å². The fraction of sp³-hybridized carbons (Fsp3) is 0.500. The zero-order valence-electron chi connectivity index (χ0n) is 11.2. The average molecular weight is 283 g/mol. The lowest BCUT2D eigenvalue weighted by Gasteiger charge is -2.04. The molecule has 1 N–H and O–H groups in total. The van der Waals surface area contributed by atoms with Crippen LogP contribution in [0.4, 0.5) is 0 Å². The van der Waals surface area contributed by atoms with Crippen LogP contribution in [0.25, 0.3) is 0 Å². The number of rotatable bonds is 8. The number of hydrogen-bond donors (Lipinski definition) is 1. The molecule has 2 nitrogen and oxygen atoms in total. The van der Waals surface area contributed by atoms with Gasteiger partial charge in [0.1, 0.15) is 5.78 Å². The van der Waals surface area contributed by atoms with E-state index in [2.05, 4.69) is 29.6 Å². The highest BCUT2D eigenvalue weighted by molar-refractivity contribution is 8.76. The molecule has 0 atom stereocenters. The molecule has 100 valence electrons. The molecule has 0 bridgehead atoms. The summed E-state index contributed by atoms with van der Waals surface area (Å²) in [4.78, 5) is 12.7. The molecule has 0 aliphatic rings. The first-order valence-corrected chi connectivity index (χ1v) is 8.51. The van der Waals surface area contributed by atoms with Crippen molar-refractivity contribution < 1.29 is 4.79 Å². The van der Waals surface area contributed by atoms with Crippen LogP contribution in [0.1, 0.15) is 25.8 Å². The Bertz CT molecular complexity index is 363. The van der Waals surface area contributed by atoms with E-state index in [1.807, 2.05) is 20.9 Å². The van der Waals surface area contributed by atoms with Crippen molar-refractivity contribution in [1.29, 1.82) is 0 Å². The van der Waals surface area contributed by atoms with E-state index < -0.39 is 0 Å². The third-order valence-electron chi connectivity index (χ3n) is 2.54. The van der Waals surface area contributed by atoms with Crippen molar-refractivity contribution in [2.24, 2.45) is 5.92 Å². The molecular formula is C14H21NOS2. The summed E-state index contributed by atoms with van der Waals surface area (Å²) < 4.78 is 0. The minimum Gasteiger partial charge on any atom is -0.316 e. The van der Waals surface area contributed by atoms with Crippen LogP contribution < -0.4 is 5.32 Å². The Balaban J connectivity index is 2.25. The van der Waals surface area contributed by atoms with Gasteiger partial charge in [-0.2, -0.15) is 0 Å². The Morgan fingerprint density at radius 3 is 2.50 bits per heavy atom. The Kier molecular flexibility index (Phi) is 7.47. The minimum atomic E-state index is 0.163. The predicted octanol–water partition coefficient (Wildman–Crippen LogP) is 3.76. The first kappa shape index (κ1) is 15.6. The van der Waals surface area contributed by atoms with Crippen LogP contribution in [0.2, 0.25) is 0 Å². The summed E-state index contributed by atoms with van der Waals surface area (Å²) in [5, 5.41) is 3.13. The van der Waals surface area contributed by atoms with Gasteiger partial charge in [-0.3, -0.25) is 4.79 Å². The largest absolute Gasteiger partial charge is 0.316 e. The summed E-state index contributed by atoms with van der Waals surface area (Å²) in [7, 11) is 5.45. The Morgan fingerprint density at radius 2 is 1.94 bits per heavy atom. The number of hydrogen-bond acceptors (Lipinski definition) is 4. The molecule has 0 aliphatic carbocycles. The summed E-state index contributed by atoms with van der Waals surface area (Å²) in [6, 6.07) is 8.54. The summed E-state index contributed by atoms with van der Waals surface area (Å²) >= 11 is 0. The highest BCUT2D eigenvalue weighted by atomic mass is 33.1. The fourth-order valence-corrected chi connectivity index (χ4v) is 3.40. The lowest BCUT2D eigenvalue weighted by atomic mass is 10.1. The summed E-state index contributed by atoms with van der Waals surface area (Å²) in [6.07, 6.45) is 0.674. The second kappa shape index (κ2) is 8.62. The van der Waals surface area contributed by atoms with Crippen LogP contribution in [0, 0.1) is 5.92 Å². The molecular weight excluding hydrogens is 262 g/mol. The lowest BCUT2D eigenvalue weighted by molar-refractivity contribution is -0.121. The standard InChI is InChI=1S/C14H21NOS2/c1-11(2)14(16)8-9-17-18-13-6-4-12(5-7-13)10-15-3/h4-7,11,15H,8-10H2,1-3H3. The van der Waals surface area contributed by atoms with Crippen molar-refractivity contribution in [1.82, 2.24) is 5.32 Å². The van der Waals surface area contributed by atoms with Gasteiger partial charge in [0, 0.05) is 29.5 Å². The zero-order valence-corrected chi connectivity index (χ0v) is 12.9. The summed E-state index contributed by atoms with van der Waals surface area (Å²) in [5.74, 6) is 1.41. The maximum atomic E-state index is 11.4. The van der Waals surface area contributed by atoms with Crippen molar-refractivity contribution in [2.45, 2.75) is 31.7 Å². The van der Waals surface area contributed by atoms with Crippen molar-refractivity contribution in [3.05, 3.63) is 29.8 Å². The van der Waals surface area contributed by atoms with Gasteiger partial charge >= 0.3 is 0 Å². The van der Waals surface area contributed by atoms with E-state index in [1.165, 1.54) is 10.5 Å². The molecule has 0 heterocycles. The highest BCUT2D eigenvalue weighted by Gasteiger charge is 2.06. The van der Waals surface area contributed by atoms with Crippen molar-refractivity contribution in [2.75, 3.05) is 12.8 Å². The molecule has 0 spiro atoms. The van der Waals surface area contributed by atoms with Gasteiger partial charge in [0.05, 0.1) is 0 Å². The fourth-order valence-electron chi connectivity index (χ4n) is 1.41. The normalized spacial score (nSPS) is 10.9. The number of nitrogens with one attached hydrogen (secondary N) is 1. The first-order chi connectivity index (χ1) is 8.63. The van der Waals surface area contributed by atoms with E-state index in [1.54, 1.807) is 21.6 Å². The van der Waals surface area contributed by atoms with Crippen molar-refractivity contribution in [3.8, 4) is 0 Å². The second-order valence-electron chi connectivity index (χ2n) is 4.45. The molecule has 0 saturated heterocycles. The van der Waals surface area contributed by atoms with Crippen LogP contribution in [0.15, 0.2) is 29.2 Å². The van der Waals surface area contributed by atoms with Gasteiger partial charge in [0.2, 0.25) is 0 Å². The predicted molar refractivity (Wildman–Crippen MR) is 82.0 cm³/mol. The van der Waals surface area contributed by atoms with E-state index >= 15 is 0 Å². The molecule has 0 fully saturated rings. The van der Waals surface area contributed by atoms with Gasteiger partial charge in [0.25, 0.3) is 0 Å². The molecule has 0 aromatic heterocycles. The van der Waals surface area contributed by atoms with Crippen LogP contribution in [0.5, 0.6) is 0 Å². The van der Waals surface area contributed by atoms with Crippen LogP contribution in [0.3, 0.4) is 0 Å². The van der Waals surface area contributed by atoms with Crippen LogP contribution in [-0.4, -0.2) is 18.6 Å². The SMILES string of the molecule is CNCc1ccc(SSCCC(=O)C(C)C)cc1. The molecule has 0 unspecified atom stereocenters. The molecule has 4 heteroatoms. The third kappa shape index (κ3) is 5.94. The Morgan fingerprint density at radius 1 is 1.28 bits per heavy atom. The van der Waals surface area contributed by atoms with Gasteiger partial charge in [-0.25, -0.2) is 0 Å². The van der Waals surface area contributed by atoms with Gasteiger partial charge < -0.3 is 5.32 Å². The van der Waals surface area contributed by atoms with E-state index in [4.69, 9.17) is 0 Å². The molecule has 0 aliphatic heterocycles. The maximum Gasteiger partial charge on any atom is 0.136 e. The van der Waals surface area contributed by atoms with E-state index in [0.717, 1.165) is 12.3 Å². The monoisotopic (exact) mass is 283 g/mol. The van der Waals surface area contributed by atoms with Gasteiger partial charge in [-0.1, -0.05) is 47.6 Å². The summed E-state index contributed by atoms with van der Waals surface area (Å²) in [5.41, 5.74) is 1.29. The Hall–Kier alpha value is -0.450. The number of carbonyl (C=O) groups excluding carboxylic acids is 1. The average Bonchev–Trinajstić information content (AvgIpc) is 2.36. The quantitative estimate of drug-likeness (QED) is 0.581. The van der Waals surface area contributed by atoms with Crippen molar-refractivity contribution >= 4 is 27.4 Å². The smallest absolute Gasteiger partial charge is 0.136 e. The molecule has 0 amide bonds. The molecule has 1 rings (SSSR count). The van der Waals surface area contributed by atoms with Crippen LogP contribution >= 0.6 is 21.6 Å². The Labute approximate surface area is 118 Å². The van der Waals surface area contributed by atoms with Crippen LogP contribution in [-0.2, 0) is 11.3 Å². The number of ketones is 1. The zero-order chi connectivity index (χ0) is 13.4. The second-order valence-corrected chi connectivity index (χ2v) is 6.94. The molecule has 1 aromatic carbocycles. The topological polar surface area (TPSA) is 29.1 Å². The van der Waals surface area contributed by atoms with E-state index in [9.17, 15) is 4.79 Å². The summed E-state index contributed by atoms with van der Waals surface area (Å²) in [6.45, 7) is 4.82. The van der Waals surface area contributed by atoms with Gasteiger partial charge in [-0.05, 0) is 24.7 Å². The number of benzene rings is 1. The first-order valence-electron chi connectivity index (χ1n) is 6.19. The van der Waals surface area contributed by atoms with Gasteiger partial charge in [-0.15, -0.1) is 0 Å². The maximum absolute atomic E-state index is 11.4. The number of carbonyl (C=O) groups is 1. The third-order valence-corrected chi connectivity index (χ3v) is 4.92. The van der Waals surface area contributed by atoms with Gasteiger partial charge in [0.15, 0.2) is 0 Å². The highest BCUT2D eigenvalue weighted by Crippen LogP contribution is 2.31. The lowest BCUT2D eigenvalue weighted by Crippen LogP contribution is -2.07. The van der Waals surface area contributed by atoms with E-state index in [0.29, 0.717) is 12.2 Å². The molecule has 0 saturated carbocycles. The number of Topliss-reactive ketones (excluding diaryl/α,β-unsaturated/α-hetero) is 1.